The molecule has 0 saturated carbocycles. The number of nitrogens with zero attached hydrogens (tertiary/aromatic N) is 1. The fourth-order valence-corrected chi connectivity index (χ4v) is 2.87. The minimum atomic E-state index is -1.01. The summed E-state index contributed by atoms with van der Waals surface area (Å²) in [6.07, 6.45) is 2.11. The zero-order valence-electron chi connectivity index (χ0n) is 10.9. The van der Waals surface area contributed by atoms with Gasteiger partial charge >= 0.3 is 5.97 Å². The number of carboxylic acids is 1. The Morgan fingerprint density at radius 2 is 2.30 bits per heavy atom. The van der Waals surface area contributed by atoms with Crippen LogP contribution >= 0.6 is 27.3 Å². The van der Waals surface area contributed by atoms with E-state index in [9.17, 15) is 4.79 Å². The van der Waals surface area contributed by atoms with Crippen molar-refractivity contribution in [1.29, 1.82) is 0 Å². The predicted molar refractivity (Wildman–Crippen MR) is 82.6 cm³/mol. The number of carbonyl (C=O) groups is 1. The van der Waals surface area contributed by atoms with Crippen LogP contribution in [0.1, 0.15) is 30.3 Å². The minimum Gasteiger partial charge on any atom is -0.492 e. The molecule has 0 bridgehead atoms. The lowest BCUT2D eigenvalue weighted by atomic mass is 10.2. The molecule has 0 radical (unpaired) electrons. The highest BCUT2D eigenvalue weighted by molar-refractivity contribution is 9.10. The van der Waals surface area contributed by atoms with E-state index in [1.54, 1.807) is 0 Å². The van der Waals surface area contributed by atoms with E-state index in [4.69, 9.17) is 9.84 Å². The van der Waals surface area contributed by atoms with Crippen molar-refractivity contribution >= 4 is 33.2 Å². The summed E-state index contributed by atoms with van der Waals surface area (Å²) >= 11 is 4.78. The van der Waals surface area contributed by atoms with Gasteiger partial charge < -0.3 is 9.84 Å². The fourth-order valence-electron chi connectivity index (χ4n) is 1.58. The third-order valence-corrected chi connectivity index (χ3v) is 4.17. The standard InChI is InChI=1S/C14H14BrNO3S/c1-2-3-6-19-12-5-4-9(7-10(12)15)13-16-11(8-20-13)14(17)18/h4-5,7-8H,2-3,6H2,1H3,(H,17,18). The van der Waals surface area contributed by atoms with Crippen molar-refractivity contribution in [2.24, 2.45) is 0 Å². The smallest absolute Gasteiger partial charge is 0.355 e. The third kappa shape index (κ3) is 3.58. The van der Waals surface area contributed by atoms with Crippen LogP contribution in [0.15, 0.2) is 28.1 Å². The molecule has 1 aromatic heterocycles. The van der Waals surface area contributed by atoms with E-state index >= 15 is 0 Å². The first-order chi connectivity index (χ1) is 9.61. The fraction of sp³-hybridized carbons (Fsp3) is 0.286. The molecule has 1 heterocycles. The van der Waals surface area contributed by atoms with Gasteiger partial charge in [0.1, 0.15) is 10.8 Å². The third-order valence-electron chi connectivity index (χ3n) is 2.66. The van der Waals surface area contributed by atoms with Gasteiger partial charge in [-0.2, -0.15) is 0 Å². The topological polar surface area (TPSA) is 59.4 Å². The highest BCUT2D eigenvalue weighted by Crippen LogP contribution is 2.32. The quantitative estimate of drug-likeness (QED) is 0.777. The highest BCUT2D eigenvalue weighted by atomic mass is 79.9. The Morgan fingerprint density at radius 3 is 2.90 bits per heavy atom. The molecule has 0 aliphatic heterocycles. The normalized spacial score (nSPS) is 10.5. The van der Waals surface area contributed by atoms with Crippen LogP contribution < -0.4 is 4.74 Å². The average Bonchev–Trinajstić information content (AvgIpc) is 2.90. The highest BCUT2D eigenvalue weighted by Gasteiger charge is 2.11. The Kier molecular flexibility index (Phi) is 5.14. The molecule has 0 fully saturated rings. The molecule has 0 aliphatic rings. The zero-order chi connectivity index (χ0) is 14.5. The number of thiazole rings is 1. The number of aromatic carboxylic acids is 1. The maximum atomic E-state index is 10.8. The first-order valence-corrected chi connectivity index (χ1v) is 7.90. The molecule has 0 unspecified atom stereocenters. The van der Waals surface area contributed by atoms with Gasteiger partial charge in [-0.25, -0.2) is 9.78 Å². The first kappa shape index (κ1) is 15.0. The number of hydrogen-bond acceptors (Lipinski definition) is 4. The second-order valence-corrected chi connectivity index (χ2v) is 5.90. The van der Waals surface area contributed by atoms with Gasteiger partial charge in [-0.3, -0.25) is 0 Å². The van der Waals surface area contributed by atoms with E-state index < -0.39 is 5.97 Å². The van der Waals surface area contributed by atoms with Crippen LogP contribution in [-0.4, -0.2) is 22.7 Å². The molecular formula is C14H14BrNO3S. The molecule has 2 aromatic rings. The lowest BCUT2D eigenvalue weighted by Crippen LogP contribution is -1.97. The molecule has 6 heteroatoms. The molecule has 2 rings (SSSR count). The van der Waals surface area contributed by atoms with E-state index in [1.807, 2.05) is 18.2 Å². The lowest BCUT2D eigenvalue weighted by Gasteiger charge is -2.08. The maximum Gasteiger partial charge on any atom is 0.355 e. The SMILES string of the molecule is CCCCOc1ccc(-c2nc(C(=O)O)cs2)cc1Br. The zero-order valence-corrected chi connectivity index (χ0v) is 13.3. The Balaban J connectivity index is 2.17. The molecule has 0 amide bonds. The van der Waals surface area contributed by atoms with E-state index in [0.29, 0.717) is 11.6 Å². The number of rotatable bonds is 6. The van der Waals surface area contributed by atoms with Crippen molar-refractivity contribution in [3.05, 3.63) is 33.7 Å². The molecule has 20 heavy (non-hydrogen) atoms. The minimum absolute atomic E-state index is 0.0735. The molecular weight excluding hydrogens is 342 g/mol. The van der Waals surface area contributed by atoms with Crippen LogP contribution in [0.2, 0.25) is 0 Å². The van der Waals surface area contributed by atoms with Crippen molar-refractivity contribution in [2.75, 3.05) is 6.61 Å². The van der Waals surface area contributed by atoms with Gasteiger partial charge in [-0.05, 0) is 40.5 Å². The number of halogens is 1. The first-order valence-electron chi connectivity index (χ1n) is 6.23. The molecule has 0 atom stereocenters. The Labute approximate surface area is 129 Å². The van der Waals surface area contributed by atoms with Crippen molar-refractivity contribution in [1.82, 2.24) is 4.98 Å². The van der Waals surface area contributed by atoms with Crippen LogP contribution in [-0.2, 0) is 0 Å². The van der Waals surface area contributed by atoms with Gasteiger partial charge in [0.25, 0.3) is 0 Å². The average molecular weight is 356 g/mol. The van der Waals surface area contributed by atoms with Gasteiger partial charge in [-0.15, -0.1) is 11.3 Å². The van der Waals surface area contributed by atoms with Crippen LogP contribution in [0.4, 0.5) is 0 Å². The van der Waals surface area contributed by atoms with Crippen LogP contribution in [0.3, 0.4) is 0 Å². The maximum absolute atomic E-state index is 10.8. The van der Waals surface area contributed by atoms with Crippen LogP contribution in [0.25, 0.3) is 10.6 Å². The summed E-state index contributed by atoms with van der Waals surface area (Å²) in [5, 5.41) is 11.1. The molecule has 0 spiro atoms. The number of aromatic nitrogens is 1. The monoisotopic (exact) mass is 355 g/mol. The van der Waals surface area contributed by atoms with E-state index in [2.05, 4.69) is 27.8 Å². The number of ether oxygens (including phenoxy) is 1. The van der Waals surface area contributed by atoms with Gasteiger partial charge in [0.2, 0.25) is 0 Å². The number of carboxylic acid groups (broad SMARTS) is 1. The van der Waals surface area contributed by atoms with Crippen molar-refractivity contribution in [3.63, 3.8) is 0 Å². The second-order valence-electron chi connectivity index (χ2n) is 4.19. The Morgan fingerprint density at radius 1 is 1.50 bits per heavy atom. The summed E-state index contributed by atoms with van der Waals surface area (Å²) in [5.74, 6) is -0.219. The van der Waals surface area contributed by atoms with Crippen LogP contribution in [0.5, 0.6) is 5.75 Å². The number of unbranched alkanes of at least 4 members (excludes halogenated alkanes) is 1. The van der Waals surface area contributed by atoms with Gasteiger partial charge in [0, 0.05) is 10.9 Å². The van der Waals surface area contributed by atoms with E-state index in [0.717, 1.165) is 28.6 Å². The van der Waals surface area contributed by atoms with Crippen LogP contribution in [0, 0.1) is 0 Å². The summed E-state index contributed by atoms with van der Waals surface area (Å²) < 4.78 is 6.50. The molecule has 1 N–H and O–H groups in total. The van der Waals surface area contributed by atoms with E-state index in [-0.39, 0.29) is 5.69 Å². The molecule has 0 aliphatic carbocycles. The molecule has 0 saturated heterocycles. The second kappa shape index (κ2) is 6.85. The molecule has 4 nitrogen and oxygen atoms in total. The molecule has 1 aromatic carbocycles. The van der Waals surface area contributed by atoms with E-state index in [1.165, 1.54) is 16.7 Å². The van der Waals surface area contributed by atoms with Crippen molar-refractivity contribution in [2.45, 2.75) is 19.8 Å². The van der Waals surface area contributed by atoms with Gasteiger partial charge in [-0.1, -0.05) is 13.3 Å². The summed E-state index contributed by atoms with van der Waals surface area (Å²) in [6.45, 7) is 2.80. The summed E-state index contributed by atoms with van der Waals surface area (Å²) in [6, 6.07) is 5.65. The van der Waals surface area contributed by atoms with Gasteiger partial charge in [0.05, 0.1) is 11.1 Å². The Bertz CT molecular complexity index is 612. The molecule has 106 valence electrons. The lowest BCUT2D eigenvalue weighted by molar-refractivity contribution is 0.0691. The Hall–Kier alpha value is -1.40. The largest absolute Gasteiger partial charge is 0.492 e. The number of hydrogen-bond donors (Lipinski definition) is 1. The summed E-state index contributed by atoms with van der Waals surface area (Å²) in [4.78, 5) is 14.9. The van der Waals surface area contributed by atoms with Crippen molar-refractivity contribution in [3.8, 4) is 16.3 Å². The van der Waals surface area contributed by atoms with Crippen molar-refractivity contribution < 1.29 is 14.6 Å². The predicted octanol–water partition coefficient (Wildman–Crippen LogP) is 4.45. The number of benzene rings is 1. The summed E-state index contributed by atoms with van der Waals surface area (Å²) in [7, 11) is 0. The summed E-state index contributed by atoms with van der Waals surface area (Å²) in [5.41, 5.74) is 0.946. The van der Waals surface area contributed by atoms with Gasteiger partial charge in [0.15, 0.2) is 5.69 Å².